The zero-order valence-corrected chi connectivity index (χ0v) is 31.9. The van der Waals surface area contributed by atoms with Crippen LogP contribution in [0.5, 0.6) is 0 Å². The van der Waals surface area contributed by atoms with Crippen LogP contribution in [-0.4, -0.2) is 73.9 Å². The van der Waals surface area contributed by atoms with E-state index in [-0.39, 0.29) is 0 Å². The second kappa shape index (κ2) is 14.3. The minimum atomic E-state index is -3.29. The Labute approximate surface area is 264 Å². The molecule has 2 aromatic carbocycles. The molecule has 0 saturated carbocycles. The summed E-state index contributed by atoms with van der Waals surface area (Å²) in [6.07, 6.45) is 7.30. The fourth-order valence-corrected chi connectivity index (χ4v) is 7.46. The van der Waals surface area contributed by atoms with E-state index < -0.39 is 15.5 Å². The zero-order chi connectivity index (χ0) is 29.9. The molecule has 0 bridgehead atoms. The Morgan fingerprint density at radius 3 is 1.32 bits per heavy atom. The molecule has 0 aromatic heterocycles. The average Bonchev–Trinajstić information content (AvgIpc) is 3.30. The maximum atomic E-state index is 5.04. The molecular formula is C32H46Cl4N2SiZr+2. The molecule has 0 saturated heterocycles. The number of nitrogens with zero attached hydrogens (tertiary/aromatic N) is 2. The molecule has 8 heteroatoms. The third kappa shape index (κ3) is 10.7. The van der Waals surface area contributed by atoms with Gasteiger partial charge in [-0.1, -0.05) is 71.8 Å². The van der Waals surface area contributed by atoms with E-state index in [0.29, 0.717) is 11.8 Å². The number of benzene rings is 2. The second-order valence-corrected chi connectivity index (χ2v) is 37.0. The summed E-state index contributed by atoms with van der Waals surface area (Å²) < 4.78 is 2.04. The van der Waals surface area contributed by atoms with Crippen molar-refractivity contribution in [3.63, 3.8) is 0 Å². The summed E-state index contributed by atoms with van der Waals surface area (Å²) in [6.45, 7) is 7.07. The molecule has 2 nitrogen and oxygen atoms in total. The van der Waals surface area contributed by atoms with E-state index in [1.807, 2.05) is 0 Å². The molecule has 2 aliphatic carbocycles. The standard InChI is InChI=1S/C32H46N2Si.4ClH.Zr/c1-23-19-29-25(15-17-33(3,4)5)11-9-13-27(29)31(23)21-35-22-32-24(2)20-30-26(12-10-14-28(30)32)16-18-34(6,7)8;;;;;/h9-14,19-20,31-32H,15-18,21-22H2,1-8H3;4*1H;/q+2;;;;;+4/p-4. The molecule has 0 aliphatic heterocycles. The van der Waals surface area contributed by atoms with Gasteiger partial charge in [0.05, 0.1) is 55.4 Å². The number of hydrogen-bond donors (Lipinski definition) is 0. The minimum absolute atomic E-state index is 0.605. The first-order valence-electron chi connectivity index (χ1n) is 14.1. The predicted octanol–water partition coefficient (Wildman–Crippen LogP) is 9.18. The first kappa shape index (κ1) is 34.6. The van der Waals surface area contributed by atoms with Crippen LogP contribution in [0.15, 0.2) is 47.5 Å². The van der Waals surface area contributed by atoms with E-state index in [9.17, 15) is 0 Å². The molecule has 0 spiro atoms. The number of fused-ring (bicyclic) bond motifs is 2. The number of halogens is 4. The Balaban J connectivity index is 0.000000810. The van der Waals surface area contributed by atoms with Crippen molar-refractivity contribution in [3.8, 4) is 0 Å². The summed E-state index contributed by atoms with van der Waals surface area (Å²) in [5, 5.41) is 0. The van der Waals surface area contributed by atoms with Gasteiger partial charge in [0.1, 0.15) is 0 Å². The van der Waals surface area contributed by atoms with Gasteiger partial charge in [-0.25, -0.2) is 0 Å². The summed E-state index contributed by atoms with van der Waals surface area (Å²) >= 11 is -3.29. The van der Waals surface area contributed by atoms with Crippen LogP contribution in [0.4, 0.5) is 0 Å². The van der Waals surface area contributed by atoms with Crippen molar-refractivity contribution in [2.45, 2.75) is 50.6 Å². The van der Waals surface area contributed by atoms with Gasteiger partial charge in [-0.2, -0.15) is 0 Å². The van der Waals surface area contributed by atoms with Crippen molar-refractivity contribution in [1.82, 2.24) is 0 Å². The van der Waals surface area contributed by atoms with Crippen LogP contribution in [0.2, 0.25) is 12.1 Å². The Kier molecular flexibility index (Phi) is 12.3. The van der Waals surface area contributed by atoms with Gasteiger partial charge in [0, 0.05) is 34.2 Å². The van der Waals surface area contributed by atoms with Gasteiger partial charge in [-0.3, -0.25) is 0 Å². The van der Waals surface area contributed by atoms with Crippen LogP contribution in [0.1, 0.15) is 59.1 Å². The summed E-state index contributed by atoms with van der Waals surface area (Å²) in [4.78, 5) is 0. The van der Waals surface area contributed by atoms with E-state index in [0.717, 1.165) is 31.3 Å². The Hall–Kier alpha value is 0.100. The number of quaternary nitrogens is 2. The van der Waals surface area contributed by atoms with Crippen LogP contribution in [0.3, 0.4) is 0 Å². The third-order valence-electron chi connectivity index (χ3n) is 7.86. The number of hydrogen-bond acceptors (Lipinski definition) is 0. The van der Waals surface area contributed by atoms with Gasteiger partial charge in [0.15, 0.2) is 0 Å². The molecule has 2 unspecified atom stereocenters. The van der Waals surface area contributed by atoms with Gasteiger partial charge in [0.2, 0.25) is 0 Å². The van der Waals surface area contributed by atoms with Crippen molar-refractivity contribution < 1.29 is 24.5 Å². The summed E-state index contributed by atoms with van der Waals surface area (Å²) in [7, 11) is 34.9. The Bertz CT molecular complexity index is 1140. The molecule has 0 fully saturated rings. The molecule has 0 amide bonds. The Morgan fingerprint density at radius 2 is 1.00 bits per heavy atom. The number of likely N-dealkylation sites (N-methyl/N-ethyl adjacent to an activating group) is 2. The summed E-state index contributed by atoms with van der Waals surface area (Å²) in [6, 6.07) is 16.6. The van der Waals surface area contributed by atoms with Crippen molar-refractivity contribution >= 4 is 55.7 Å². The van der Waals surface area contributed by atoms with Crippen LogP contribution in [-0.2, 0) is 28.3 Å². The molecular weight excluding hydrogens is 673 g/mol. The normalized spacial score (nSPS) is 18.5. The number of allylic oxidation sites excluding steroid dienone is 2. The molecule has 4 rings (SSSR count). The first-order valence-corrected chi connectivity index (χ1v) is 28.2. The van der Waals surface area contributed by atoms with Crippen molar-refractivity contribution in [1.29, 1.82) is 0 Å². The van der Waals surface area contributed by atoms with Gasteiger partial charge in [-0.05, 0) is 47.2 Å². The fourth-order valence-electron chi connectivity index (χ4n) is 5.63. The van der Waals surface area contributed by atoms with Gasteiger partial charge in [0.25, 0.3) is 0 Å². The van der Waals surface area contributed by atoms with Crippen molar-refractivity contribution in [2.75, 3.05) is 55.4 Å². The molecule has 2 radical (unpaired) electrons. The van der Waals surface area contributed by atoms with Gasteiger partial charge >= 0.3 is 49.5 Å². The van der Waals surface area contributed by atoms with Crippen molar-refractivity contribution in [2.24, 2.45) is 0 Å². The number of rotatable bonds is 10. The van der Waals surface area contributed by atoms with Gasteiger partial charge in [-0.15, -0.1) is 0 Å². The Morgan fingerprint density at radius 1 is 0.650 bits per heavy atom. The van der Waals surface area contributed by atoms with E-state index in [1.165, 1.54) is 47.4 Å². The molecule has 2 aromatic rings. The van der Waals surface area contributed by atoms with Crippen molar-refractivity contribution in [3.05, 3.63) is 80.9 Å². The van der Waals surface area contributed by atoms with Crippen LogP contribution >= 0.6 is 34.1 Å². The quantitative estimate of drug-likeness (QED) is 0.170. The monoisotopic (exact) mass is 716 g/mol. The van der Waals surface area contributed by atoms with E-state index in [4.69, 9.17) is 34.1 Å². The molecule has 218 valence electrons. The molecule has 0 heterocycles. The molecule has 40 heavy (non-hydrogen) atoms. The van der Waals surface area contributed by atoms with E-state index >= 15 is 0 Å². The summed E-state index contributed by atoms with van der Waals surface area (Å²) in [5.41, 5.74) is 12.4. The topological polar surface area (TPSA) is 0 Å². The SMILES string of the molecule is CC1=Cc2c(CC[N+](C)(C)C)cccc2C1C[Si]CC1C(C)=Cc2c(CC[N+](C)(C)C)cccc21.[Cl][Zr]([Cl])([Cl])[Cl]. The average molecular weight is 720 g/mol. The predicted molar refractivity (Wildman–Crippen MR) is 178 cm³/mol. The molecule has 2 atom stereocenters. The molecule has 2 aliphatic rings. The second-order valence-electron chi connectivity index (χ2n) is 13.3. The molecule has 0 N–H and O–H groups in total. The first-order chi connectivity index (χ1) is 18.4. The van der Waals surface area contributed by atoms with Crippen LogP contribution in [0, 0.1) is 0 Å². The fraction of sp³-hybridized carbons (Fsp3) is 0.500. The van der Waals surface area contributed by atoms with Crippen LogP contribution < -0.4 is 0 Å². The summed E-state index contributed by atoms with van der Waals surface area (Å²) in [5.74, 6) is 1.21. The van der Waals surface area contributed by atoms with E-state index in [1.54, 1.807) is 22.3 Å². The maximum absolute atomic E-state index is 5.04. The zero-order valence-electron chi connectivity index (χ0n) is 25.4. The van der Waals surface area contributed by atoms with E-state index in [2.05, 4.69) is 105 Å². The van der Waals surface area contributed by atoms with Gasteiger partial charge < -0.3 is 8.97 Å². The van der Waals surface area contributed by atoms with Crippen LogP contribution in [0.25, 0.3) is 12.2 Å². The third-order valence-corrected chi connectivity index (χ3v) is 9.25.